The molecule has 1 N–H and O–H groups in total. The predicted octanol–water partition coefficient (Wildman–Crippen LogP) is 3.24. The van der Waals surface area contributed by atoms with Crippen LogP contribution in [0.2, 0.25) is 0 Å². The van der Waals surface area contributed by atoms with Crippen molar-refractivity contribution in [1.29, 1.82) is 0 Å². The van der Waals surface area contributed by atoms with Gasteiger partial charge in [-0.05, 0) is 24.3 Å². The molecule has 1 saturated carbocycles. The smallest absolute Gasteiger partial charge is 0.305 e. The quantitative estimate of drug-likeness (QED) is 0.840. The maximum atomic E-state index is 10.9. The van der Waals surface area contributed by atoms with Gasteiger partial charge < -0.3 is 9.84 Å². The summed E-state index contributed by atoms with van der Waals surface area (Å²) in [4.78, 5) is 10.9. The number of hydrogen-bond donors (Lipinski definition) is 1. The molecule has 3 heteroatoms. The van der Waals surface area contributed by atoms with Crippen LogP contribution in [0.3, 0.4) is 0 Å². The van der Waals surface area contributed by atoms with Crippen molar-refractivity contribution in [3.05, 3.63) is 35.9 Å². The molecule has 1 aliphatic carbocycles. The van der Waals surface area contributed by atoms with Crippen molar-refractivity contribution in [3.8, 4) is 0 Å². The Bertz CT molecular complexity index is 369. The number of rotatable bonds is 6. The molecule has 1 aliphatic rings. The van der Waals surface area contributed by atoms with Gasteiger partial charge in [0.15, 0.2) is 0 Å². The molecule has 0 spiro atoms. The number of benzene rings is 1. The summed E-state index contributed by atoms with van der Waals surface area (Å²) in [6, 6.07) is 9.93. The molecule has 0 heterocycles. The minimum Gasteiger partial charge on any atom is -0.481 e. The SMILES string of the molecule is O=C(O)C[C@@H](OCc1ccccc1)C1CCCC1. The minimum absolute atomic E-state index is 0.123. The number of aliphatic carboxylic acids is 1. The van der Waals surface area contributed by atoms with E-state index in [2.05, 4.69) is 0 Å². The molecular formula is C15H20O3. The second kappa shape index (κ2) is 6.55. The van der Waals surface area contributed by atoms with Gasteiger partial charge in [0, 0.05) is 0 Å². The van der Waals surface area contributed by atoms with Crippen molar-refractivity contribution >= 4 is 5.97 Å². The van der Waals surface area contributed by atoms with Gasteiger partial charge in [-0.3, -0.25) is 4.79 Å². The van der Waals surface area contributed by atoms with Crippen LogP contribution in [-0.2, 0) is 16.1 Å². The van der Waals surface area contributed by atoms with Crippen LogP contribution in [0.5, 0.6) is 0 Å². The van der Waals surface area contributed by atoms with E-state index in [4.69, 9.17) is 9.84 Å². The minimum atomic E-state index is -0.764. The second-order valence-electron chi connectivity index (χ2n) is 4.98. The third-order valence-corrected chi connectivity index (χ3v) is 3.61. The predicted molar refractivity (Wildman–Crippen MR) is 69.2 cm³/mol. The van der Waals surface area contributed by atoms with Crippen LogP contribution in [0.15, 0.2) is 30.3 Å². The van der Waals surface area contributed by atoms with Crippen molar-refractivity contribution in [2.75, 3.05) is 0 Å². The maximum absolute atomic E-state index is 10.9. The van der Waals surface area contributed by atoms with Gasteiger partial charge in [-0.1, -0.05) is 43.2 Å². The molecule has 0 aromatic heterocycles. The van der Waals surface area contributed by atoms with Crippen molar-refractivity contribution in [2.45, 2.75) is 44.8 Å². The van der Waals surface area contributed by atoms with Gasteiger partial charge >= 0.3 is 5.97 Å². The third-order valence-electron chi connectivity index (χ3n) is 3.61. The van der Waals surface area contributed by atoms with E-state index in [-0.39, 0.29) is 12.5 Å². The van der Waals surface area contributed by atoms with Gasteiger partial charge in [-0.25, -0.2) is 0 Å². The molecule has 0 unspecified atom stereocenters. The molecule has 0 aliphatic heterocycles. The van der Waals surface area contributed by atoms with Crippen LogP contribution < -0.4 is 0 Å². The van der Waals surface area contributed by atoms with Gasteiger partial charge in [0.05, 0.1) is 19.1 Å². The summed E-state index contributed by atoms with van der Waals surface area (Å²) in [6.45, 7) is 0.509. The largest absolute Gasteiger partial charge is 0.481 e. The van der Waals surface area contributed by atoms with Crippen LogP contribution in [0, 0.1) is 5.92 Å². The first-order chi connectivity index (χ1) is 8.75. The molecule has 0 radical (unpaired) electrons. The van der Waals surface area contributed by atoms with E-state index in [1.54, 1.807) is 0 Å². The molecule has 1 atom stereocenters. The number of hydrogen-bond acceptors (Lipinski definition) is 2. The van der Waals surface area contributed by atoms with Crippen molar-refractivity contribution in [3.63, 3.8) is 0 Å². The zero-order valence-corrected chi connectivity index (χ0v) is 10.5. The number of ether oxygens (including phenoxy) is 1. The van der Waals surface area contributed by atoms with E-state index >= 15 is 0 Å². The normalized spacial score (nSPS) is 17.8. The van der Waals surface area contributed by atoms with Gasteiger partial charge in [0.25, 0.3) is 0 Å². The van der Waals surface area contributed by atoms with Crippen molar-refractivity contribution in [1.82, 2.24) is 0 Å². The molecule has 3 nitrogen and oxygen atoms in total. The Morgan fingerprint density at radius 1 is 1.28 bits per heavy atom. The van der Waals surface area contributed by atoms with E-state index in [1.807, 2.05) is 30.3 Å². The molecule has 1 aromatic rings. The van der Waals surface area contributed by atoms with Gasteiger partial charge in [-0.2, -0.15) is 0 Å². The molecule has 1 aromatic carbocycles. The van der Waals surface area contributed by atoms with Gasteiger partial charge in [0.1, 0.15) is 0 Å². The summed E-state index contributed by atoms with van der Waals surface area (Å²) in [5.41, 5.74) is 1.10. The molecule has 0 saturated heterocycles. The standard InChI is InChI=1S/C15H20O3/c16-15(17)10-14(13-8-4-5-9-13)18-11-12-6-2-1-3-7-12/h1-3,6-7,13-14H,4-5,8-11H2,(H,16,17)/t14-/m1/s1. The highest BCUT2D eigenvalue weighted by Crippen LogP contribution is 2.31. The fourth-order valence-electron chi connectivity index (χ4n) is 2.64. The van der Waals surface area contributed by atoms with E-state index in [0.29, 0.717) is 12.5 Å². The van der Waals surface area contributed by atoms with E-state index in [9.17, 15) is 4.79 Å². The average molecular weight is 248 g/mol. The molecule has 2 rings (SSSR count). The van der Waals surface area contributed by atoms with Crippen LogP contribution in [-0.4, -0.2) is 17.2 Å². The van der Waals surface area contributed by atoms with Gasteiger partial charge in [-0.15, -0.1) is 0 Å². The van der Waals surface area contributed by atoms with Crippen molar-refractivity contribution < 1.29 is 14.6 Å². The molecule has 0 amide bonds. The van der Waals surface area contributed by atoms with E-state index < -0.39 is 5.97 Å². The monoisotopic (exact) mass is 248 g/mol. The highest BCUT2D eigenvalue weighted by atomic mass is 16.5. The Kier molecular flexibility index (Phi) is 4.76. The fraction of sp³-hybridized carbons (Fsp3) is 0.533. The third kappa shape index (κ3) is 3.84. The molecular weight excluding hydrogens is 228 g/mol. The first kappa shape index (κ1) is 13.1. The zero-order chi connectivity index (χ0) is 12.8. The Labute approximate surface area is 108 Å². The van der Waals surface area contributed by atoms with E-state index in [1.165, 1.54) is 12.8 Å². The number of carboxylic acids is 1. The Morgan fingerprint density at radius 2 is 1.94 bits per heavy atom. The number of carbonyl (C=O) groups is 1. The van der Waals surface area contributed by atoms with Crippen LogP contribution in [0.4, 0.5) is 0 Å². The summed E-state index contributed by atoms with van der Waals surface area (Å²) < 4.78 is 5.84. The Hall–Kier alpha value is -1.35. The van der Waals surface area contributed by atoms with Crippen LogP contribution >= 0.6 is 0 Å². The highest BCUT2D eigenvalue weighted by Gasteiger charge is 2.27. The van der Waals surface area contributed by atoms with E-state index in [0.717, 1.165) is 18.4 Å². The summed E-state index contributed by atoms with van der Waals surface area (Å²) in [6.07, 6.45) is 4.60. The molecule has 1 fully saturated rings. The second-order valence-corrected chi connectivity index (χ2v) is 4.98. The average Bonchev–Trinajstić information content (AvgIpc) is 2.89. The van der Waals surface area contributed by atoms with Crippen molar-refractivity contribution in [2.24, 2.45) is 5.92 Å². The fourth-order valence-corrected chi connectivity index (χ4v) is 2.64. The molecule has 0 bridgehead atoms. The zero-order valence-electron chi connectivity index (χ0n) is 10.5. The summed E-state index contributed by atoms with van der Waals surface area (Å²) in [7, 11) is 0. The number of carboxylic acid groups (broad SMARTS) is 1. The first-order valence-corrected chi connectivity index (χ1v) is 6.63. The maximum Gasteiger partial charge on any atom is 0.305 e. The highest BCUT2D eigenvalue weighted by molar-refractivity contribution is 5.67. The topological polar surface area (TPSA) is 46.5 Å². The summed E-state index contributed by atoms with van der Waals surface area (Å²) in [5.74, 6) is -0.343. The summed E-state index contributed by atoms with van der Waals surface area (Å²) >= 11 is 0. The lowest BCUT2D eigenvalue weighted by Gasteiger charge is -2.22. The molecule has 98 valence electrons. The van der Waals surface area contributed by atoms with Gasteiger partial charge in [0.2, 0.25) is 0 Å². The Morgan fingerprint density at radius 3 is 2.56 bits per heavy atom. The van der Waals surface area contributed by atoms with Crippen LogP contribution in [0.25, 0.3) is 0 Å². The lowest BCUT2D eigenvalue weighted by molar-refractivity contribution is -0.141. The Balaban J connectivity index is 1.90. The summed E-state index contributed by atoms with van der Waals surface area (Å²) in [5, 5.41) is 8.96. The lowest BCUT2D eigenvalue weighted by atomic mass is 9.98. The van der Waals surface area contributed by atoms with Crippen LogP contribution in [0.1, 0.15) is 37.7 Å². The molecule has 18 heavy (non-hydrogen) atoms. The lowest BCUT2D eigenvalue weighted by Crippen LogP contribution is -2.25. The first-order valence-electron chi connectivity index (χ1n) is 6.63.